The van der Waals surface area contributed by atoms with E-state index in [1.807, 2.05) is 18.7 Å². The first-order chi connectivity index (χ1) is 14.1. The highest BCUT2D eigenvalue weighted by atomic mass is 16.2. The second-order valence-electron chi connectivity index (χ2n) is 7.50. The van der Waals surface area contributed by atoms with Crippen LogP contribution in [0.4, 0.5) is 0 Å². The van der Waals surface area contributed by atoms with Gasteiger partial charge in [-0.2, -0.15) is 0 Å². The highest BCUT2D eigenvalue weighted by molar-refractivity contribution is 6.45. The number of benzene rings is 1. The van der Waals surface area contributed by atoms with Gasteiger partial charge in [-0.3, -0.25) is 9.79 Å². The highest BCUT2D eigenvalue weighted by Crippen LogP contribution is 2.28. The van der Waals surface area contributed by atoms with E-state index in [0.29, 0.717) is 11.6 Å². The molecule has 29 heavy (non-hydrogen) atoms. The van der Waals surface area contributed by atoms with E-state index in [4.69, 9.17) is 0 Å². The first-order valence-electron chi connectivity index (χ1n) is 11.3. The molecule has 3 rings (SSSR count). The Balaban J connectivity index is 0.000000771. The van der Waals surface area contributed by atoms with E-state index in [1.165, 1.54) is 12.0 Å². The van der Waals surface area contributed by atoms with Gasteiger partial charge in [-0.25, -0.2) is 0 Å². The van der Waals surface area contributed by atoms with Gasteiger partial charge in [-0.05, 0) is 43.4 Å². The molecule has 4 heteroatoms. The van der Waals surface area contributed by atoms with Crippen molar-refractivity contribution in [2.24, 2.45) is 4.99 Å². The van der Waals surface area contributed by atoms with Crippen molar-refractivity contribution in [1.82, 2.24) is 9.80 Å². The van der Waals surface area contributed by atoms with E-state index in [2.05, 4.69) is 67.2 Å². The lowest BCUT2D eigenvalue weighted by Gasteiger charge is -2.33. The molecule has 1 aromatic carbocycles. The molecule has 4 nitrogen and oxygen atoms in total. The van der Waals surface area contributed by atoms with Gasteiger partial charge in [-0.1, -0.05) is 70.5 Å². The molecule has 0 radical (unpaired) electrons. The summed E-state index contributed by atoms with van der Waals surface area (Å²) in [6, 6.07) is 10.7. The number of aliphatic imine (C=N–C) groups is 1. The summed E-state index contributed by atoms with van der Waals surface area (Å²) in [6.45, 7) is 11.8. The topological polar surface area (TPSA) is 35.9 Å². The molecule has 1 amide bonds. The zero-order chi connectivity index (χ0) is 21.6. The molecule has 1 aromatic rings. The summed E-state index contributed by atoms with van der Waals surface area (Å²) in [7, 11) is 3.84. The standard InChI is InChI=1S/C20H27N3O.C3H8.C2H6/c1-21-19(18-8-12-22(2)13-9-18)20(24)23-14-10-17(11-15-23)16-6-4-3-5-7-16;1-3-2;1-2/h3-8,17H,9-15H2,1-2H3;3H2,1-2H3;1-2H3. The third-order valence-corrected chi connectivity index (χ3v) is 5.20. The normalized spacial score (nSPS) is 18.1. The summed E-state index contributed by atoms with van der Waals surface area (Å²) in [4.78, 5) is 21.5. The Morgan fingerprint density at radius 3 is 2.14 bits per heavy atom. The van der Waals surface area contributed by atoms with Crippen LogP contribution in [0.1, 0.15) is 64.9 Å². The number of carbonyl (C=O) groups is 1. The lowest BCUT2D eigenvalue weighted by Crippen LogP contribution is -2.43. The molecule has 2 aliphatic rings. The molecular formula is C25H41N3O. The van der Waals surface area contributed by atoms with Crippen LogP contribution in [0.3, 0.4) is 0 Å². The molecule has 162 valence electrons. The Hall–Kier alpha value is -1.94. The van der Waals surface area contributed by atoms with Crippen LogP contribution in [-0.2, 0) is 4.79 Å². The minimum absolute atomic E-state index is 0.111. The van der Waals surface area contributed by atoms with E-state index in [0.717, 1.165) is 51.0 Å². The van der Waals surface area contributed by atoms with E-state index in [1.54, 1.807) is 7.05 Å². The van der Waals surface area contributed by atoms with E-state index >= 15 is 0 Å². The van der Waals surface area contributed by atoms with Gasteiger partial charge in [0.2, 0.25) is 0 Å². The van der Waals surface area contributed by atoms with Crippen molar-refractivity contribution in [3.8, 4) is 0 Å². The summed E-state index contributed by atoms with van der Waals surface area (Å²) in [5, 5.41) is 0. The van der Waals surface area contributed by atoms with Gasteiger partial charge in [0.05, 0.1) is 0 Å². The van der Waals surface area contributed by atoms with Gasteiger partial charge in [0.1, 0.15) is 5.71 Å². The number of amides is 1. The summed E-state index contributed by atoms with van der Waals surface area (Å²) in [6.07, 6.45) is 6.39. The average Bonchev–Trinajstić information content (AvgIpc) is 2.78. The fourth-order valence-corrected chi connectivity index (χ4v) is 3.65. The first kappa shape index (κ1) is 25.1. The number of likely N-dealkylation sites (tertiary alicyclic amines) is 1. The molecular weight excluding hydrogens is 358 g/mol. The van der Waals surface area contributed by atoms with Crippen molar-refractivity contribution in [2.45, 2.75) is 59.3 Å². The lowest BCUT2D eigenvalue weighted by atomic mass is 9.89. The number of carbonyl (C=O) groups excluding carboxylic acids is 1. The van der Waals surface area contributed by atoms with E-state index in [9.17, 15) is 4.79 Å². The molecule has 2 aliphatic heterocycles. The van der Waals surface area contributed by atoms with Crippen LogP contribution in [0.15, 0.2) is 47.0 Å². The second-order valence-corrected chi connectivity index (χ2v) is 7.50. The molecule has 0 N–H and O–H groups in total. The number of piperidine rings is 1. The van der Waals surface area contributed by atoms with Crippen LogP contribution < -0.4 is 0 Å². The minimum Gasteiger partial charge on any atom is -0.337 e. The van der Waals surface area contributed by atoms with Gasteiger partial charge in [0.15, 0.2) is 0 Å². The Kier molecular flexibility index (Phi) is 12.2. The fraction of sp³-hybridized carbons (Fsp3) is 0.600. The monoisotopic (exact) mass is 399 g/mol. The van der Waals surface area contributed by atoms with Crippen molar-refractivity contribution in [2.75, 3.05) is 40.3 Å². The number of likely N-dealkylation sites (N-methyl/N-ethyl adjacent to an activating group) is 1. The Morgan fingerprint density at radius 1 is 1.07 bits per heavy atom. The number of hydrogen-bond donors (Lipinski definition) is 0. The number of hydrogen-bond acceptors (Lipinski definition) is 3. The van der Waals surface area contributed by atoms with Crippen molar-refractivity contribution in [3.05, 3.63) is 47.5 Å². The predicted molar refractivity (Wildman–Crippen MR) is 126 cm³/mol. The van der Waals surface area contributed by atoms with E-state index in [-0.39, 0.29) is 5.91 Å². The second kappa shape index (κ2) is 14.1. The molecule has 1 saturated heterocycles. The van der Waals surface area contributed by atoms with Crippen molar-refractivity contribution < 1.29 is 4.79 Å². The Morgan fingerprint density at radius 2 is 1.66 bits per heavy atom. The molecule has 0 atom stereocenters. The molecule has 1 fully saturated rings. The highest BCUT2D eigenvalue weighted by Gasteiger charge is 2.28. The maximum absolute atomic E-state index is 12.9. The molecule has 0 spiro atoms. The van der Waals surface area contributed by atoms with Gasteiger partial charge >= 0.3 is 0 Å². The molecule has 0 unspecified atom stereocenters. The van der Waals surface area contributed by atoms with Crippen LogP contribution in [0.5, 0.6) is 0 Å². The fourth-order valence-electron chi connectivity index (χ4n) is 3.65. The maximum Gasteiger partial charge on any atom is 0.272 e. The van der Waals surface area contributed by atoms with Gasteiger partial charge in [0, 0.05) is 33.2 Å². The zero-order valence-electron chi connectivity index (χ0n) is 19.4. The molecule has 2 heterocycles. The third-order valence-electron chi connectivity index (χ3n) is 5.20. The summed E-state index contributed by atoms with van der Waals surface area (Å²) in [5.74, 6) is 0.680. The first-order valence-corrected chi connectivity index (χ1v) is 11.3. The molecule has 0 aliphatic carbocycles. The van der Waals surface area contributed by atoms with Crippen LogP contribution in [0.2, 0.25) is 0 Å². The summed E-state index contributed by atoms with van der Waals surface area (Å²) >= 11 is 0. The van der Waals surface area contributed by atoms with Crippen molar-refractivity contribution in [3.63, 3.8) is 0 Å². The zero-order valence-corrected chi connectivity index (χ0v) is 19.4. The van der Waals surface area contributed by atoms with Gasteiger partial charge in [0.25, 0.3) is 5.91 Å². The number of rotatable bonds is 3. The van der Waals surface area contributed by atoms with Crippen LogP contribution in [-0.4, -0.2) is 61.7 Å². The Labute approximate surface area is 178 Å². The largest absolute Gasteiger partial charge is 0.337 e. The quantitative estimate of drug-likeness (QED) is 0.658. The van der Waals surface area contributed by atoms with Gasteiger partial charge < -0.3 is 9.80 Å². The van der Waals surface area contributed by atoms with Crippen molar-refractivity contribution in [1.29, 1.82) is 0 Å². The Bertz CT molecular complexity index is 643. The van der Waals surface area contributed by atoms with Crippen molar-refractivity contribution >= 4 is 11.6 Å². The lowest BCUT2D eigenvalue weighted by molar-refractivity contribution is -0.125. The van der Waals surface area contributed by atoms with E-state index < -0.39 is 0 Å². The van der Waals surface area contributed by atoms with Crippen LogP contribution in [0, 0.1) is 0 Å². The smallest absolute Gasteiger partial charge is 0.272 e. The maximum atomic E-state index is 12.9. The number of nitrogens with zero attached hydrogens (tertiary/aromatic N) is 3. The molecule has 0 aromatic heterocycles. The molecule has 0 saturated carbocycles. The van der Waals surface area contributed by atoms with Gasteiger partial charge in [-0.15, -0.1) is 0 Å². The summed E-state index contributed by atoms with van der Waals surface area (Å²) in [5.41, 5.74) is 3.18. The molecule has 0 bridgehead atoms. The predicted octanol–water partition coefficient (Wildman–Crippen LogP) is 5.17. The SMILES string of the molecule is CC.CCC.CN=C(C(=O)N1CCC(c2ccccc2)CC1)C1=CCN(C)CC1. The summed E-state index contributed by atoms with van der Waals surface area (Å²) < 4.78 is 0. The average molecular weight is 400 g/mol. The van der Waals surface area contributed by atoms with Crippen LogP contribution >= 0.6 is 0 Å². The third kappa shape index (κ3) is 7.77. The van der Waals surface area contributed by atoms with Crippen LogP contribution in [0.25, 0.3) is 0 Å². The minimum atomic E-state index is 0.111.